The van der Waals surface area contributed by atoms with Crippen LogP contribution in [0.25, 0.3) is 22.0 Å². The second-order valence-corrected chi connectivity index (χ2v) is 10.9. The van der Waals surface area contributed by atoms with Gasteiger partial charge in [0, 0.05) is 40.5 Å². The van der Waals surface area contributed by atoms with Gasteiger partial charge in [0.2, 0.25) is 11.8 Å². The topological polar surface area (TPSA) is 109 Å². The monoisotopic (exact) mass is 590 g/mol. The van der Waals surface area contributed by atoms with Crippen molar-refractivity contribution in [1.82, 2.24) is 19.4 Å². The van der Waals surface area contributed by atoms with Crippen molar-refractivity contribution < 1.29 is 18.8 Å². The molecule has 6 rings (SSSR count). The molecule has 3 heterocycles. The first-order valence-corrected chi connectivity index (χ1v) is 14.4. The Morgan fingerprint density at radius 3 is 2.52 bits per heavy atom. The van der Waals surface area contributed by atoms with Crippen LogP contribution in [0.5, 0.6) is 0 Å². The molecule has 0 unspecified atom stereocenters. The molecule has 0 radical (unpaired) electrons. The van der Waals surface area contributed by atoms with E-state index in [1.807, 2.05) is 49.4 Å². The molecule has 10 heteroatoms. The molecule has 1 fully saturated rings. The zero-order chi connectivity index (χ0) is 30.8. The lowest BCUT2D eigenvalue weighted by atomic mass is 9.99. The molecule has 1 aliphatic rings. The van der Waals surface area contributed by atoms with Crippen LogP contribution in [-0.4, -0.2) is 49.6 Å². The molecule has 44 heavy (non-hydrogen) atoms. The number of amides is 2. The second kappa shape index (κ2) is 12.1. The van der Waals surface area contributed by atoms with Crippen molar-refractivity contribution in [3.05, 3.63) is 103 Å². The molecule has 0 saturated carbocycles. The molecular formula is C34H31FN6O3. The molecule has 2 amide bonds. The number of hydrogen-bond donors (Lipinski definition) is 2. The van der Waals surface area contributed by atoms with Gasteiger partial charge in [-0.05, 0) is 62.1 Å². The van der Waals surface area contributed by atoms with Gasteiger partial charge >= 0.3 is 0 Å². The summed E-state index contributed by atoms with van der Waals surface area (Å²) in [6.45, 7) is 3.75. The Hall–Kier alpha value is -5.38. The summed E-state index contributed by atoms with van der Waals surface area (Å²) in [5.74, 6) is -1.34. The quantitative estimate of drug-likeness (QED) is 0.211. The maximum absolute atomic E-state index is 15.6. The number of benzene rings is 3. The Kier molecular flexibility index (Phi) is 7.89. The highest BCUT2D eigenvalue weighted by molar-refractivity contribution is 6.08. The number of Topliss-reactive ketones (excluding diaryl/α,β-unsaturated/α-hetero) is 1. The number of carbonyl (C=O) groups is 3. The largest absolute Gasteiger partial charge is 0.353 e. The van der Waals surface area contributed by atoms with Gasteiger partial charge in [-0.25, -0.2) is 14.4 Å². The van der Waals surface area contributed by atoms with Crippen LogP contribution >= 0.6 is 0 Å². The number of likely N-dealkylation sites (tertiary alicyclic amines) is 1. The molecule has 2 aromatic heterocycles. The standard InChI is InChI=1S/C34H31FN6O3/c1-21-7-3-4-8-25(21)26-9-5-10-29(33(26)35)39-34(44)31-11-6-14-41(31)32(43)19-40-18-28(22(2)42)27-15-23(12-13-30(27)40)38-24-16-36-20-37-17-24/h3-5,7-10,12-13,15-18,20,31,38H,6,11,14,19H2,1-2H3,(H,39,44)/t31-/m0/s1. The number of fused-ring (bicyclic) bond motifs is 1. The number of nitrogens with one attached hydrogen (secondary N) is 2. The highest BCUT2D eigenvalue weighted by Gasteiger charge is 2.35. The van der Waals surface area contributed by atoms with Gasteiger partial charge in [0.25, 0.3) is 0 Å². The third-order valence-electron chi connectivity index (χ3n) is 7.98. The van der Waals surface area contributed by atoms with E-state index in [-0.39, 0.29) is 23.9 Å². The highest BCUT2D eigenvalue weighted by Crippen LogP contribution is 2.31. The van der Waals surface area contributed by atoms with Crippen LogP contribution in [0, 0.1) is 12.7 Å². The highest BCUT2D eigenvalue weighted by atomic mass is 19.1. The molecule has 222 valence electrons. The first-order chi connectivity index (χ1) is 21.3. The predicted molar refractivity (Wildman–Crippen MR) is 167 cm³/mol. The van der Waals surface area contributed by atoms with E-state index in [4.69, 9.17) is 0 Å². The fourth-order valence-electron chi connectivity index (χ4n) is 5.82. The van der Waals surface area contributed by atoms with Crippen molar-refractivity contribution in [2.24, 2.45) is 0 Å². The molecule has 0 aliphatic carbocycles. The van der Waals surface area contributed by atoms with Gasteiger partial charge in [0.1, 0.15) is 18.9 Å². The van der Waals surface area contributed by atoms with E-state index >= 15 is 4.39 Å². The van der Waals surface area contributed by atoms with E-state index in [2.05, 4.69) is 20.6 Å². The Bertz CT molecular complexity index is 1890. The fraction of sp³-hybridized carbons (Fsp3) is 0.206. The molecule has 1 atom stereocenters. The number of anilines is 3. The molecule has 1 aliphatic heterocycles. The lowest BCUT2D eigenvalue weighted by Crippen LogP contribution is -2.44. The number of nitrogens with zero attached hydrogens (tertiary/aromatic N) is 4. The molecule has 9 nitrogen and oxygen atoms in total. The van der Waals surface area contributed by atoms with Crippen LogP contribution in [0.3, 0.4) is 0 Å². The number of carbonyl (C=O) groups excluding carboxylic acids is 3. The summed E-state index contributed by atoms with van der Waals surface area (Å²) in [4.78, 5) is 49.1. The summed E-state index contributed by atoms with van der Waals surface area (Å²) >= 11 is 0. The number of ketones is 1. The smallest absolute Gasteiger partial charge is 0.247 e. The predicted octanol–water partition coefficient (Wildman–Crippen LogP) is 6.12. The summed E-state index contributed by atoms with van der Waals surface area (Å²) < 4.78 is 17.3. The van der Waals surface area contributed by atoms with Crippen LogP contribution in [0.1, 0.15) is 35.7 Å². The van der Waals surface area contributed by atoms with E-state index in [9.17, 15) is 14.4 Å². The zero-order valence-corrected chi connectivity index (χ0v) is 24.4. The van der Waals surface area contributed by atoms with Gasteiger partial charge in [-0.15, -0.1) is 0 Å². The van der Waals surface area contributed by atoms with Crippen molar-refractivity contribution in [3.63, 3.8) is 0 Å². The van der Waals surface area contributed by atoms with Crippen molar-refractivity contribution in [2.75, 3.05) is 17.2 Å². The van der Waals surface area contributed by atoms with Crippen LogP contribution in [0.4, 0.5) is 21.5 Å². The van der Waals surface area contributed by atoms with Crippen LogP contribution in [0.15, 0.2) is 85.6 Å². The minimum atomic E-state index is -0.734. The Morgan fingerprint density at radius 2 is 1.75 bits per heavy atom. The molecule has 1 saturated heterocycles. The average molecular weight is 591 g/mol. The van der Waals surface area contributed by atoms with Crippen molar-refractivity contribution in [3.8, 4) is 11.1 Å². The molecule has 3 aromatic carbocycles. The van der Waals surface area contributed by atoms with Crippen molar-refractivity contribution in [1.29, 1.82) is 0 Å². The summed E-state index contributed by atoms with van der Waals surface area (Å²) in [6.07, 6.45) is 7.53. The normalized spacial score (nSPS) is 14.5. The van der Waals surface area contributed by atoms with Gasteiger partial charge in [0.05, 0.1) is 23.8 Å². The third-order valence-corrected chi connectivity index (χ3v) is 7.98. The summed E-state index contributed by atoms with van der Waals surface area (Å²) in [7, 11) is 0. The molecule has 5 aromatic rings. The van der Waals surface area contributed by atoms with Crippen LogP contribution in [-0.2, 0) is 16.1 Å². The average Bonchev–Trinajstić information content (AvgIpc) is 3.65. The minimum Gasteiger partial charge on any atom is -0.353 e. The van der Waals surface area contributed by atoms with Crippen molar-refractivity contribution in [2.45, 2.75) is 39.3 Å². The first kappa shape index (κ1) is 28.7. The lowest BCUT2D eigenvalue weighted by Gasteiger charge is -2.24. The Labute approximate surface area is 253 Å². The van der Waals surface area contributed by atoms with E-state index in [1.54, 1.807) is 40.2 Å². The maximum Gasteiger partial charge on any atom is 0.247 e. The summed E-state index contributed by atoms with van der Waals surface area (Å²) in [6, 6.07) is 17.2. The number of hydrogen-bond acceptors (Lipinski definition) is 6. The van der Waals surface area contributed by atoms with Crippen molar-refractivity contribution >= 4 is 45.6 Å². The van der Waals surface area contributed by atoms with E-state index in [0.717, 1.165) is 16.8 Å². The molecule has 0 bridgehead atoms. The number of aryl methyl sites for hydroxylation is 1. The van der Waals surface area contributed by atoms with Gasteiger partial charge < -0.3 is 20.1 Å². The second-order valence-electron chi connectivity index (χ2n) is 10.9. The Balaban J connectivity index is 1.21. The Morgan fingerprint density at radius 1 is 0.977 bits per heavy atom. The molecule has 0 spiro atoms. The SMILES string of the molecule is CC(=O)c1cn(CC(=O)N2CCC[C@H]2C(=O)Nc2cccc(-c3ccccc3C)c2F)c2ccc(Nc3cncnc3)cc12. The van der Waals surface area contributed by atoms with E-state index in [1.165, 1.54) is 19.3 Å². The van der Waals surface area contributed by atoms with Gasteiger partial charge in [-0.1, -0.05) is 36.4 Å². The zero-order valence-electron chi connectivity index (χ0n) is 24.4. The lowest BCUT2D eigenvalue weighted by molar-refractivity contribution is -0.137. The summed E-state index contributed by atoms with van der Waals surface area (Å²) in [5.41, 5.74) is 4.79. The van der Waals surface area contributed by atoms with Gasteiger partial charge in [-0.2, -0.15) is 0 Å². The third kappa shape index (κ3) is 5.66. The maximum atomic E-state index is 15.6. The van der Waals surface area contributed by atoms with Gasteiger partial charge in [0.15, 0.2) is 11.6 Å². The van der Waals surface area contributed by atoms with E-state index in [0.29, 0.717) is 47.1 Å². The number of aromatic nitrogens is 3. The summed E-state index contributed by atoms with van der Waals surface area (Å²) in [5, 5.41) is 6.65. The molecular weight excluding hydrogens is 559 g/mol. The molecule has 2 N–H and O–H groups in total. The van der Waals surface area contributed by atoms with E-state index < -0.39 is 17.8 Å². The fourth-order valence-corrected chi connectivity index (χ4v) is 5.82. The number of rotatable bonds is 8. The first-order valence-electron chi connectivity index (χ1n) is 14.4. The minimum absolute atomic E-state index is 0.0516. The van der Waals surface area contributed by atoms with Crippen LogP contribution < -0.4 is 10.6 Å². The van der Waals surface area contributed by atoms with Gasteiger partial charge in [-0.3, -0.25) is 14.4 Å². The van der Waals surface area contributed by atoms with Crippen LogP contribution in [0.2, 0.25) is 0 Å². The number of halogens is 1.